The minimum atomic E-state index is -1.21. The minimum Gasteiger partial charge on any atom is -0.477 e. The number of amides is 2. The smallest absolute Gasteiger partial charge is 0.352 e. The molecule has 5 rings (SSSR count). The molecule has 4 aliphatic rings. The van der Waals surface area contributed by atoms with Crippen molar-refractivity contribution in [1.29, 1.82) is 0 Å². The molecule has 0 radical (unpaired) electrons. The van der Waals surface area contributed by atoms with Gasteiger partial charge < -0.3 is 31.3 Å². The fourth-order valence-corrected chi connectivity index (χ4v) is 5.71. The van der Waals surface area contributed by atoms with Crippen LogP contribution in [-0.2, 0) is 19.2 Å². The number of nitrogens with one attached hydrogen (secondary N) is 2. The van der Waals surface area contributed by atoms with E-state index in [1.807, 2.05) is 29.5 Å². The van der Waals surface area contributed by atoms with E-state index in [2.05, 4.69) is 25.3 Å². The maximum atomic E-state index is 13.0. The number of anilines is 1. The number of allylic oxidation sites excluding steroid dienone is 2. The molecule has 16 heteroatoms. The van der Waals surface area contributed by atoms with E-state index in [9.17, 15) is 19.5 Å². The molecule has 5 N–H and O–H groups in total. The Bertz CT molecular complexity index is 1250. The van der Waals surface area contributed by atoms with E-state index in [1.54, 1.807) is 11.2 Å². The van der Waals surface area contributed by atoms with Crippen LogP contribution >= 0.6 is 23.3 Å². The number of β-lactam (4-membered cyclic amide) rings is 1. The van der Waals surface area contributed by atoms with Crippen molar-refractivity contribution in [2.75, 3.05) is 25.1 Å². The van der Waals surface area contributed by atoms with Crippen LogP contribution in [0.5, 0.6) is 0 Å². The zero-order valence-electron chi connectivity index (χ0n) is 18.1. The van der Waals surface area contributed by atoms with Gasteiger partial charge in [0, 0.05) is 42.4 Å². The molecule has 14 nitrogen and oxygen atoms in total. The van der Waals surface area contributed by atoms with Gasteiger partial charge in [-0.05, 0) is 17.7 Å². The zero-order chi connectivity index (χ0) is 24.7. The number of fused-ring (bicyclic) bond motifs is 2. The summed E-state index contributed by atoms with van der Waals surface area (Å²) in [5.74, 6) is -1.31. The van der Waals surface area contributed by atoms with Crippen molar-refractivity contribution in [2.24, 2.45) is 5.16 Å². The Morgan fingerprint density at radius 1 is 1.43 bits per heavy atom. The number of aromatic nitrogens is 2. The zero-order valence-corrected chi connectivity index (χ0v) is 19.7. The monoisotopic (exact) mass is 517 g/mol. The molecule has 0 spiro atoms. The van der Waals surface area contributed by atoms with E-state index in [0.717, 1.165) is 17.4 Å². The lowest BCUT2D eigenvalue weighted by Gasteiger charge is -2.49. The molecule has 2 amide bonds. The number of rotatable bonds is 7. The van der Waals surface area contributed by atoms with E-state index in [-0.39, 0.29) is 28.9 Å². The standard InChI is InChI=1S/C19H19N9O5S2/c1-33-24-11(14-23-19(20)35-25-14)15(29)22-12-16(30)28-13(18(31)32)9(8-34-17(12)28)7-26-5-6-27-10(26)3-2-4-21-27/h2-6,12,17,21H,7-8H2,1H3,(H,22,29)(H,31,32)(H2,20,23,25)/b24-11-/t12-,17-/m1/s1. The summed E-state index contributed by atoms with van der Waals surface area (Å²) in [6.07, 6.45) is 9.15. The Balaban J connectivity index is 1.33. The molecule has 0 unspecified atom stereocenters. The first-order valence-corrected chi connectivity index (χ1v) is 12.0. The van der Waals surface area contributed by atoms with Gasteiger partial charge >= 0.3 is 5.97 Å². The lowest BCUT2D eigenvalue weighted by atomic mass is 10.0. The second-order valence-electron chi connectivity index (χ2n) is 7.51. The average Bonchev–Trinajstić information content (AvgIpc) is 3.46. The molecule has 5 heterocycles. The summed E-state index contributed by atoms with van der Waals surface area (Å²) in [7, 11) is 1.26. The second-order valence-corrected chi connectivity index (χ2v) is 9.39. The van der Waals surface area contributed by atoms with Crippen LogP contribution in [0.25, 0.3) is 0 Å². The average molecular weight is 518 g/mol. The molecule has 1 saturated heterocycles. The highest BCUT2D eigenvalue weighted by atomic mass is 32.2. The Morgan fingerprint density at radius 2 is 2.26 bits per heavy atom. The van der Waals surface area contributed by atoms with Gasteiger partial charge in [-0.1, -0.05) is 5.16 Å². The van der Waals surface area contributed by atoms with Crippen molar-refractivity contribution in [3.05, 3.63) is 53.7 Å². The summed E-state index contributed by atoms with van der Waals surface area (Å²) in [5, 5.41) is 17.5. The van der Waals surface area contributed by atoms with Crippen molar-refractivity contribution < 1.29 is 24.3 Å². The largest absolute Gasteiger partial charge is 0.477 e. The van der Waals surface area contributed by atoms with Gasteiger partial charge in [-0.25, -0.2) is 9.80 Å². The molecule has 35 heavy (non-hydrogen) atoms. The molecule has 1 aromatic heterocycles. The number of carboxylic acid groups (broad SMARTS) is 1. The first kappa shape index (κ1) is 22.7. The van der Waals surface area contributed by atoms with E-state index in [4.69, 9.17) is 10.6 Å². The van der Waals surface area contributed by atoms with Gasteiger partial charge in [-0.2, -0.15) is 9.36 Å². The Labute approximate surface area is 206 Å². The summed E-state index contributed by atoms with van der Waals surface area (Å²) in [6.45, 7) is 0.290. The highest BCUT2D eigenvalue weighted by Crippen LogP contribution is 2.41. The fraction of sp³-hybridized carbons (Fsp3) is 0.263. The molecule has 0 saturated carbocycles. The van der Waals surface area contributed by atoms with Crippen LogP contribution in [0.3, 0.4) is 0 Å². The molecule has 1 fully saturated rings. The quantitative estimate of drug-likeness (QED) is 0.201. The normalized spacial score (nSPS) is 22.9. The molecule has 2 atom stereocenters. The van der Waals surface area contributed by atoms with E-state index < -0.39 is 29.2 Å². The highest BCUT2D eigenvalue weighted by Gasteiger charge is 2.54. The Hall–Kier alpha value is -4.05. The van der Waals surface area contributed by atoms with Gasteiger partial charge in [-0.15, -0.1) is 11.8 Å². The number of hydrogen-bond donors (Lipinski definition) is 4. The first-order chi connectivity index (χ1) is 16.9. The number of carboxylic acids is 1. The first-order valence-electron chi connectivity index (χ1n) is 10.2. The van der Waals surface area contributed by atoms with Gasteiger partial charge in [0.1, 0.15) is 30.0 Å². The van der Waals surface area contributed by atoms with Crippen LogP contribution in [0.1, 0.15) is 5.82 Å². The van der Waals surface area contributed by atoms with E-state index in [1.165, 1.54) is 23.8 Å². The van der Waals surface area contributed by atoms with Gasteiger partial charge in [0.05, 0.1) is 0 Å². The van der Waals surface area contributed by atoms with Crippen LogP contribution in [0.15, 0.2) is 53.0 Å². The predicted molar refractivity (Wildman–Crippen MR) is 126 cm³/mol. The van der Waals surface area contributed by atoms with Gasteiger partial charge in [0.15, 0.2) is 5.13 Å². The van der Waals surface area contributed by atoms with Crippen LogP contribution in [0, 0.1) is 0 Å². The number of nitrogens with two attached hydrogens (primary N) is 1. The third kappa shape index (κ3) is 3.95. The maximum Gasteiger partial charge on any atom is 0.352 e. The topological polar surface area (TPSA) is 179 Å². The number of hydrazine groups is 1. The summed E-state index contributed by atoms with van der Waals surface area (Å²) in [6, 6.07) is -0.945. The van der Waals surface area contributed by atoms with Crippen LogP contribution < -0.4 is 16.5 Å². The number of carbonyl (C=O) groups excluding carboxylic acids is 2. The molecule has 4 aliphatic heterocycles. The van der Waals surface area contributed by atoms with Crippen molar-refractivity contribution in [2.45, 2.75) is 11.4 Å². The number of thioether (sulfide) groups is 1. The maximum absolute atomic E-state index is 13.0. The predicted octanol–water partition coefficient (Wildman–Crippen LogP) is -0.828. The molecule has 182 valence electrons. The number of nitrogens with zero attached hydrogens (tertiary/aromatic N) is 6. The number of oxime groups is 1. The van der Waals surface area contributed by atoms with E-state index in [0.29, 0.717) is 11.3 Å². The number of hydrogen-bond acceptors (Lipinski definition) is 13. The summed E-state index contributed by atoms with van der Waals surface area (Å²) < 4.78 is 3.95. The number of nitrogen functional groups attached to an aromatic ring is 1. The molecule has 0 aromatic carbocycles. The summed E-state index contributed by atoms with van der Waals surface area (Å²) >= 11 is 2.25. The van der Waals surface area contributed by atoms with Gasteiger partial charge in [0.25, 0.3) is 11.8 Å². The van der Waals surface area contributed by atoms with Crippen LogP contribution in [0.2, 0.25) is 0 Å². The second kappa shape index (κ2) is 8.95. The van der Waals surface area contributed by atoms with E-state index >= 15 is 0 Å². The SMILES string of the molecule is CO/N=C(\C(=O)N[C@@H]1C(=O)N2C(C(=O)O)=C(CN3C=CN4NC=CC=C34)CS[C@H]12)c1nsc(N)n1. The van der Waals surface area contributed by atoms with Crippen LogP contribution in [0.4, 0.5) is 5.13 Å². The van der Waals surface area contributed by atoms with Crippen molar-refractivity contribution in [3.63, 3.8) is 0 Å². The molecule has 1 aromatic rings. The molecule has 0 bridgehead atoms. The third-order valence-corrected chi connectivity index (χ3v) is 7.32. The Morgan fingerprint density at radius 3 is 2.97 bits per heavy atom. The van der Waals surface area contributed by atoms with Gasteiger partial charge in [-0.3, -0.25) is 14.5 Å². The Kier molecular flexibility index (Phi) is 5.81. The molecule has 0 aliphatic carbocycles. The fourth-order valence-electron chi connectivity index (χ4n) is 3.94. The highest BCUT2D eigenvalue weighted by molar-refractivity contribution is 8.00. The minimum absolute atomic E-state index is 0.0331. The van der Waals surface area contributed by atoms with Crippen molar-refractivity contribution in [1.82, 2.24) is 34.9 Å². The van der Waals surface area contributed by atoms with Crippen LogP contribution in [-0.4, -0.2) is 83.6 Å². The lowest BCUT2D eigenvalue weighted by molar-refractivity contribution is -0.150. The number of carbonyl (C=O) groups is 3. The summed E-state index contributed by atoms with van der Waals surface area (Å²) in [4.78, 5) is 49.7. The van der Waals surface area contributed by atoms with Crippen molar-refractivity contribution >= 4 is 51.9 Å². The van der Waals surface area contributed by atoms with Crippen molar-refractivity contribution in [3.8, 4) is 0 Å². The summed E-state index contributed by atoms with van der Waals surface area (Å²) in [5.41, 5.74) is 8.91. The molecular formula is C19H19N9O5S2. The lowest BCUT2D eigenvalue weighted by Crippen LogP contribution is -2.71. The number of aliphatic carboxylic acids is 1. The third-order valence-electron chi connectivity index (χ3n) is 5.44. The molecular weight excluding hydrogens is 498 g/mol. The van der Waals surface area contributed by atoms with Gasteiger partial charge in [0.2, 0.25) is 11.5 Å².